The molecule has 2 aromatic rings. The summed E-state index contributed by atoms with van der Waals surface area (Å²) >= 11 is 0. The molecule has 4 nitrogen and oxygen atoms in total. The summed E-state index contributed by atoms with van der Waals surface area (Å²) in [6.07, 6.45) is 0.875. The van der Waals surface area contributed by atoms with Crippen molar-refractivity contribution in [3.63, 3.8) is 0 Å². The summed E-state index contributed by atoms with van der Waals surface area (Å²) in [6, 6.07) is 11.5. The van der Waals surface area contributed by atoms with E-state index in [-0.39, 0.29) is 5.56 Å². The van der Waals surface area contributed by atoms with E-state index in [1.54, 1.807) is 19.1 Å². The van der Waals surface area contributed by atoms with Crippen molar-refractivity contribution in [1.82, 2.24) is 4.98 Å². The predicted molar refractivity (Wildman–Crippen MR) is 79.3 cm³/mol. The summed E-state index contributed by atoms with van der Waals surface area (Å²) in [4.78, 5) is 15.3. The maximum Gasteiger partial charge on any atom is 0.335 e. The molecule has 2 N–H and O–H groups in total. The molecule has 0 aliphatic carbocycles. The van der Waals surface area contributed by atoms with Crippen LogP contribution in [0.15, 0.2) is 36.4 Å². The Balaban J connectivity index is 1.99. The molecule has 20 heavy (non-hydrogen) atoms. The number of carboxylic acids is 1. The van der Waals surface area contributed by atoms with Gasteiger partial charge in [-0.3, -0.25) is 0 Å². The largest absolute Gasteiger partial charge is 0.478 e. The van der Waals surface area contributed by atoms with Gasteiger partial charge in [-0.2, -0.15) is 0 Å². The van der Waals surface area contributed by atoms with E-state index in [1.807, 2.05) is 6.07 Å². The summed E-state index contributed by atoms with van der Waals surface area (Å²) in [5, 5.41) is 12.2. The van der Waals surface area contributed by atoms with Crippen LogP contribution in [0.1, 0.15) is 27.2 Å². The molecule has 0 atom stereocenters. The minimum atomic E-state index is -0.933. The molecule has 1 heterocycles. The first-order chi connectivity index (χ1) is 9.54. The number of benzene rings is 1. The number of pyridine rings is 1. The zero-order chi connectivity index (χ0) is 14.5. The Morgan fingerprint density at radius 2 is 2.05 bits per heavy atom. The molecular weight excluding hydrogens is 252 g/mol. The molecular formula is C16H18N2O2. The van der Waals surface area contributed by atoms with Gasteiger partial charge in [-0.15, -0.1) is 0 Å². The SMILES string of the molecule is Cc1cccc(CCNc2cc(C(=O)O)cc(C)n2)c1. The van der Waals surface area contributed by atoms with Crippen molar-refractivity contribution in [2.45, 2.75) is 20.3 Å². The van der Waals surface area contributed by atoms with Crippen LogP contribution in [0, 0.1) is 13.8 Å². The van der Waals surface area contributed by atoms with Gasteiger partial charge in [-0.25, -0.2) is 9.78 Å². The highest BCUT2D eigenvalue weighted by Crippen LogP contribution is 2.11. The van der Waals surface area contributed by atoms with Gasteiger partial charge < -0.3 is 10.4 Å². The van der Waals surface area contributed by atoms with Crippen molar-refractivity contribution < 1.29 is 9.90 Å². The second kappa shape index (κ2) is 6.19. The van der Waals surface area contributed by atoms with Crippen LogP contribution in [0.4, 0.5) is 5.82 Å². The lowest BCUT2D eigenvalue weighted by atomic mass is 10.1. The highest BCUT2D eigenvalue weighted by Gasteiger charge is 2.06. The topological polar surface area (TPSA) is 62.2 Å². The van der Waals surface area contributed by atoms with Crippen molar-refractivity contribution in [2.75, 3.05) is 11.9 Å². The van der Waals surface area contributed by atoms with Gasteiger partial charge in [0.05, 0.1) is 5.56 Å². The zero-order valence-electron chi connectivity index (χ0n) is 11.7. The molecule has 2 rings (SSSR count). The minimum Gasteiger partial charge on any atom is -0.478 e. The Morgan fingerprint density at radius 3 is 2.75 bits per heavy atom. The van der Waals surface area contributed by atoms with E-state index in [0.29, 0.717) is 11.5 Å². The Labute approximate surface area is 118 Å². The van der Waals surface area contributed by atoms with Gasteiger partial charge in [0, 0.05) is 12.2 Å². The number of aryl methyl sites for hydroxylation is 2. The molecule has 0 unspecified atom stereocenters. The Bertz CT molecular complexity index is 624. The van der Waals surface area contributed by atoms with Crippen LogP contribution in [-0.4, -0.2) is 22.6 Å². The first-order valence-corrected chi connectivity index (χ1v) is 6.56. The number of aromatic nitrogens is 1. The van der Waals surface area contributed by atoms with Gasteiger partial charge in [0.2, 0.25) is 0 Å². The van der Waals surface area contributed by atoms with Crippen LogP contribution < -0.4 is 5.32 Å². The van der Waals surface area contributed by atoms with Gasteiger partial charge in [-0.05, 0) is 38.0 Å². The van der Waals surface area contributed by atoms with Crippen LogP contribution in [0.25, 0.3) is 0 Å². The van der Waals surface area contributed by atoms with Gasteiger partial charge in [0.25, 0.3) is 0 Å². The molecule has 0 radical (unpaired) electrons. The second-order valence-electron chi connectivity index (χ2n) is 4.85. The van der Waals surface area contributed by atoms with Crippen molar-refractivity contribution >= 4 is 11.8 Å². The molecule has 0 bridgehead atoms. The molecule has 0 saturated carbocycles. The molecule has 0 amide bonds. The highest BCUT2D eigenvalue weighted by molar-refractivity contribution is 5.88. The van der Waals surface area contributed by atoms with Crippen LogP contribution in [0.2, 0.25) is 0 Å². The summed E-state index contributed by atoms with van der Waals surface area (Å²) < 4.78 is 0. The van der Waals surface area contributed by atoms with E-state index in [9.17, 15) is 4.79 Å². The molecule has 4 heteroatoms. The second-order valence-corrected chi connectivity index (χ2v) is 4.85. The van der Waals surface area contributed by atoms with Crippen LogP contribution in [0.5, 0.6) is 0 Å². The molecule has 0 spiro atoms. The summed E-state index contributed by atoms with van der Waals surface area (Å²) in [7, 11) is 0. The van der Waals surface area contributed by atoms with E-state index >= 15 is 0 Å². The lowest BCUT2D eigenvalue weighted by Gasteiger charge is -2.08. The fourth-order valence-corrected chi connectivity index (χ4v) is 2.09. The van der Waals surface area contributed by atoms with Gasteiger partial charge in [0.15, 0.2) is 0 Å². The standard InChI is InChI=1S/C16H18N2O2/c1-11-4-3-5-13(8-11)6-7-17-15-10-14(16(19)20)9-12(2)18-15/h3-5,8-10H,6-7H2,1-2H3,(H,17,18)(H,19,20). The Hall–Kier alpha value is -2.36. The monoisotopic (exact) mass is 270 g/mol. The maximum absolute atomic E-state index is 11.0. The quantitative estimate of drug-likeness (QED) is 0.876. The lowest BCUT2D eigenvalue weighted by Crippen LogP contribution is -2.08. The van der Waals surface area contributed by atoms with Crippen molar-refractivity contribution in [2.24, 2.45) is 0 Å². The van der Waals surface area contributed by atoms with Gasteiger partial charge in [-0.1, -0.05) is 29.8 Å². The van der Waals surface area contributed by atoms with E-state index in [1.165, 1.54) is 11.1 Å². The number of rotatable bonds is 5. The van der Waals surface area contributed by atoms with Gasteiger partial charge in [0.1, 0.15) is 5.82 Å². The van der Waals surface area contributed by atoms with Crippen LogP contribution >= 0.6 is 0 Å². The van der Waals surface area contributed by atoms with E-state index in [0.717, 1.165) is 13.0 Å². The third-order valence-electron chi connectivity index (χ3n) is 3.00. The number of nitrogens with one attached hydrogen (secondary N) is 1. The fourth-order valence-electron chi connectivity index (χ4n) is 2.09. The third-order valence-corrected chi connectivity index (χ3v) is 3.00. The van der Waals surface area contributed by atoms with E-state index in [4.69, 9.17) is 5.11 Å². The summed E-state index contributed by atoms with van der Waals surface area (Å²) in [5.41, 5.74) is 3.45. The summed E-state index contributed by atoms with van der Waals surface area (Å²) in [6.45, 7) is 4.58. The van der Waals surface area contributed by atoms with Crippen molar-refractivity contribution in [3.8, 4) is 0 Å². The first kappa shape index (κ1) is 14.1. The van der Waals surface area contributed by atoms with Crippen LogP contribution in [-0.2, 0) is 6.42 Å². The smallest absolute Gasteiger partial charge is 0.335 e. The lowest BCUT2D eigenvalue weighted by molar-refractivity contribution is 0.0696. The number of carbonyl (C=O) groups is 1. The Morgan fingerprint density at radius 1 is 1.25 bits per heavy atom. The summed E-state index contributed by atoms with van der Waals surface area (Å²) in [5.74, 6) is -0.327. The average Bonchev–Trinajstić information content (AvgIpc) is 2.38. The number of anilines is 1. The number of carboxylic acid groups (broad SMARTS) is 1. The Kier molecular flexibility index (Phi) is 4.35. The van der Waals surface area contributed by atoms with Crippen molar-refractivity contribution in [3.05, 3.63) is 58.8 Å². The molecule has 0 saturated heterocycles. The predicted octanol–water partition coefficient (Wildman–Crippen LogP) is 3.05. The zero-order valence-corrected chi connectivity index (χ0v) is 11.7. The molecule has 1 aromatic heterocycles. The minimum absolute atomic E-state index is 0.260. The van der Waals surface area contributed by atoms with Crippen LogP contribution in [0.3, 0.4) is 0 Å². The molecule has 1 aromatic carbocycles. The third kappa shape index (κ3) is 3.82. The van der Waals surface area contributed by atoms with Crippen molar-refractivity contribution in [1.29, 1.82) is 0 Å². The molecule has 0 fully saturated rings. The average molecular weight is 270 g/mol. The van der Waals surface area contributed by atoms with E-state index < -0.39 is 5.97 Å². The fraction of sp³-hybridized carbons (Fsp3) is 0.250. The number of nitrogens with zero attached hydrogens (tertiary/aromatic N) is 1. The molecule has 0 aliphatic heterocycles. The highest BCUT2D eigenvalue weighted by atomic mass is 16.4. The van der Waals surface area contributed by atoms with E-state index in [2.05, 4.69) is 35.4 Å². The first-order valence-electron chi connectivity index (χ1n) is 6.56. The number of aromatic carboxylic acids is 1. The maximum atomic E-state index is 11.0. The molecule has 0 aliphatic rings. The molecule has 104 valence electrons. The normalized spacial score (nSPS) is 10.3. The number of hydrogen-bond acceptors (Lipinski definition) is 3. The number of hydrogen-bond donors (Lipinski definition) is 2. The van der Waals surface area contributed by atoms with Gasteiger partial charge >= 0.3 is 5.97 Å².